The molecule has 0 bridgehead atoms. The number of aromatic nitrogens is 2. The average molecular weight is 207 g/mol. The lowest BCUT2D eigenvalue weighted by Gasteiger charge is -2.02. The molecule has 0 saturated heterocycles. The van der Waals surface area contributed by atoms with Crippen molar-refractivity contribution >= 4 is 0 Å². The van der Waals surface area contributed by atoms with Gasteiger partial charge in [0.1, 0.15) is 0 Å². The summed E-state index contributed by atoms with van der Waals surface area (Å²) in [4.78, 5) is 0. The van der Waals surface area contributed by atoms with Gasteiger partial charge in [-0.15, -0.1) is 0 Å². The highest BCUT2D eigenvalue weighted by atomic mass is 15.3. The number of hydrogen-bond acceptors (Lipinski definition) is 2. The Hall–Kier alpha value is -1.09. The van der Waals surface area contributed by atoms with E-state index in [1.807, 2.05) is 10.9 Å². The van der Waals surface area contributed by atoms with E-state index < -0.39 is 0 Å². The fraction of sp³-hybridized carbons (Fsp3) is 0.583. The first-order chi connectivity index (χ1) is 7.26. The van der Waals surface area contributed by atoms with Crippen molar-refractivity contribution in [2.45, 2.75) is 39.8 Å². The molecule has 0 radical (unpaired) electrons. The van der Waals surface area contributed by atoms with E-state index in [2.05, 4.69) is 37.0 Å². The maximum Gasteiger partial charge on any atom is 0.0616 e. The lowest BCUT2D eigenvalue weighted by Crippen LogP contribution is -2.13. The largest absolute Gasteiger partial charge is 0.313 e. The molecule has 1 aromatic rings. The molecule has 84 valence electrons. The predicted molar refractivity (Wildman–Crippen MR) is 63.7 cm³/mol. The Labute approximate surface area is 92.2 Å². The summed E-state index contributed by atoms with van der Waals surface area (Å²) in [5.74, 6) is 0. The topological polar surface area (TPSA) is 29.9 Å². The molecule has 0 aromatic carbocycles. The third-order valence-corrected chi connectivity index (χ3v) is 2.33. The Morgan fingerprint density at radius 3 is 3.00 bits per heavy atom. The number of nitrogens with one attached hydrogen (secondary N) is 1. The Kier molecular flexibility index (Phi) is 5.12. The first-order valence-corrected chi connectivity index (χ1v) is 5.65. The molecule has 0 aliphatic carbocycles. The molecule has 0 aliphatic heterocycles. The zero-order chi connectivity index (χ0) is 11.1. The molecular weight excluding hydrogens is 186 g/mol. The molecule has 0 atom stereocenters. The maximum absolute atomic E-state index is 4.30. The van der Waals surface area contributed by atoms with Crippen molar-refractivity contribution in [2.75, 3.05) is 6.54 Å². The Bertz CT molecular complexity index is 302. The summed E-state index contributed by atoms with van der Waals surface area (Å²) < 4.78 is 1.95. The molecule has 1 heterocycles. The van der Waals surface area contributed by atoms with Crippen molar-refractivity contribution in [1.82, 2.24) is 15.1 Å². The van der Waals surface area contributed by atoms with Gasteiger partial charge < -0.3 is 5.32 Å². The third-order valence-electron chi connectivity index (χ3n) is 2.33. The van der Waals surface area contributed by atoms with Crippen molar-refractivity contribution < 1.29 is 0 Å². The second-order valence-corrected chi connectivity index (χ2v) is 3.83. The lowest BCUT2D eigenvalue weighted by molar-refractivity contribution is 0.657. The average Bonchev–Trinajstić information content (AvgIpc) is 2.66. The quantitative estimate of drug-likeness (QED) is 0.549. The lowest BCUT2D eigenvalue weighted by atomic mass is 10.2. The molecule has 0 spiro atoms. The molecule has 1 aromatic heterocycles. The summed E-state index contributed by atoms with van der Waals surface area (Å²) in [6.45, 7) is 11.1. The van der Waals surface area contributed by atoms with Crippen LogP contribution in [-0.4, -0.2) is 16.3 Å². The maximum atomic E-state index is 4.30. The van der Waals surface area contributed by atoms with Crippen LogP contribution in [0, 0.1) is 0 Å². The van der Waals surface area contributed by atoms with Crippen molar-refractivity contribution in [2.24, 2.45) is 0 Å². The van der Waals surface area contributed by atoms with E-state index in [0.717, 1.165) is 26.1 Å². The second-order valence-electron chi connectivity index (χ2n) is 3.83. The fourth-order valence-corrected chi connectivity index (χ4v) is 1.33. The van der Waals surface area contributed by atoms with Crippen LogP contribution in [0.3, 0.4) is 0 Å². The monoisotopic (exact) mass is 207 g/mol. The second kappa shape index (κ2) is 6.40. The molecule has 0 unspecified atom stereocenters. The number of rotatable bonds is 7. The van der Waals surface area contributed by atoms with Crippen molar-refractivity contribution in [3.05, 3.63) is 30.1 Å². The number of nitrogens with zero attached hydrogens (tertiary/aromatic N) is 2. The standard InChI is InChI=1S/C12H21N3/c1-4-6-13-7-12-8-14-15(10-12)9-11(3)5-2/h8,10,13H,3-7,9H2,1-2H3. The van der Waals surface area contributed by atoms with Gasteiger partial charge in [-0.3, -0.25) is 4.68 Å². The van der Waals surface area contributed by atoms with E-state index in [0.29, 0.717) is 0 Å². The highest BCUT2D eigenvalue weighted by Gasteiger charge is 1.98. The molecule has 0 amide bonds. The summed E-state index contributed by atoms with van der Waals surface area (Å²) in [5, 5.41) is 7.65. The van der Waals surface area contributed by atoms with Crippen LogP contribution in [-0.2, 0) is 13.1 Å². The summed E-state index contributed by atoms with van der Waals surface area (Å²) in [6.07, 6.45) is 6.19. The Morgan fingerprint density at radius 1 is 1.53 bits per heavy atom. The summed E-state index contributed by atoms with van der Waals surface area (Å²) in [5.41, 5.74) is 2.46. The van der Waals surface area contributed by atoms with Crippen LogP contribution in [0.25, 0.3) is 0 Å². The number of hydrogen-bond donors (Lipinski definition) is 1. The van der Waals surface area contributed by atoms with Crippen LogP contribution < -0.4 is 5.32 Å². The van der Waals surface area contributed by atoms with Gasteiger partial charge in [-0.05, 0) is 19.4 Å². The Morgan fingerprint density at radius 2 is 2.33 bits per heavy atom. The van der Waals surface area contributed by atoms with E-state index in [9.17, 15) is 0 Å². The van der Waals surface area contributed by atoms with Gasteiger partial charge in [0.15, 0.2) is 0 Å². The highest BCUT2D eigenvalue weighted by Crippen LogP contribution is 2.03. The first kappa shape index (κ1) is 12.0. The van der Waals surface area contributed by atoms with Crippen LogP contribution in [0.2, 0.25) is 0 Å². The summed E-state index contributed by atoms with van der Waals surface area (Å²) in [6, 6.07) is 0. The molecule has 3 heteroatoms. The SMILES string of the molecule is C=C(CC)Cn1cc(CNCCC)cn1. The van der Waals surface area contributed by atoms with E-state index in [1.165, 1.54) is 17.6 Å². The Balaban J connectivity index is 2.38. The molecule has 0 saturated carbocycles. The minimum absolute atomic E-state index is 0.838. The van der Waals surface area contributed by atoms with Gasteiger partial charge in [0.25, 0.3) is 0 Å². The number of allylic oxidation sites excluding steroid dienone is 1. The first-order valence-electron chi connectivity index (χ1n) is 5.65. The van der Waals surface area contributed by atoms with Crippen molar-refractivity contribution in [1.29, 1.82) is 0 Å². The molecule has 0 fully saturated rings. The molecular formula is C12H21N3. The van der Waals surface area contributed by atoms with Gasteiger partial charge in [-0.1, -0.05) is 26.0 Å². The van der Waals surface area contributed by atoms with Crippen LogP contribution in [0.1, 0.15) is 32.3 Å². The predicted octanol–water partition coefficient (Wildman–Crippen LogP) is 2.35. The zero-order valence-corrected chi connectivity index (χ0v) is 9.79. The normalized spacial score (nSPS) is 10.5. The van der Waals surface area contributed by atoms with E-state index in [-0.39, 0.29) is 0 Å². The summed E-state index contributed by atoms with van der Waals surface area (Å²) in [7, 11) is 0. The fourth-order valence-electron chi connectivity index (χ4n) is 1.33. The van der Waals surface area contributed by atoms with Crippen LogP contribution in [0.15, 0.2) is 24.5 Å². The zero-order valence-electron chi connectivity index (χ0n) is 9.79. The van der Waals surface area contributed by atoms with E-state index >= 15 is 0 Å². The van der Waals surface area contributed by atoms with Crippen molar-refractivity contribution in [3.63, 3.8) is 0 Å². The van der Waals surface area contributed by atoms with Gasteiger partial charge in [-0.25, -0.2) is 0 Å². The third kappa shape index (κ3) is 4.30. The smallest absolute Gasteiger partial charge is 0.0616 e. The van der Waals surface area contributed by atoms with E-state index in [1.54, 1.807) is 0 Å². The highest BCUT2D eigenvalue weighted by molar-refractivity contribution is 5.05. The van der Waals surface area contributed by atoms with Crippen molar-refractivity contribution in [3.8, 4) is 0 Å². The molecule has 15 heavy (non-hydrogen) atoms. The molecule has 3 nitrogen and oxygen atoms in total. The van der Waals surface area contributed by atoms with Gasteiger partial charge in [0.2, 0.25) is 0 Å². The minimum atomic E-state index is 0.838. The minimum Gasteiger partial charge on any atom is -0.313 e. The van der Waals surface area contributed by atoms with Gasteiger partial charge >= 0.3 is 0 Å². The van der Waals surface area contributed by atoms with Crippen LogP contribution in [0.4, 0.5) is 0 Å². The summed E-state index contributed by atoms with van der Waals surface area (Å²) >= 11 is 0. The molecule has 1 N–H and O–H groups in total. The van der Waals surface area contributed by atoms with Crippen LogP contribution >= 0.6 is 0 Å². The molecule has 0 aliphatic rings. The molecule has 1 rings (SSSR count). The van der Waals surface area contributed by atoms with Gasteiger partial charge in [-0.2, -0.15) is 5.10 Å². The van der Waals surface area contributed by atoms with Crippen LogP contribution in [0.5, 0.6) is 0 Å². The van der Waals surface area contributed by atoms with E-state index in [4.69, 9.17) is 0 Å². The van der Waals surface area contributed by atoms with Gasteiger partial charge in [0, 0.05) is 18.3 Å². The van der Waals surface area contributed by atoms with Gasteiger partial charge in [0.05, 0.1) is 12.7 Å².